The molecule has 0 N–H and O–H groups in total. The van der Waals surface area contributed by atoms with E-state index in [-0.39, 0.29) is 0 Å². The second-order valence-corrected chi connectivity index (χ2v) is 4.70. The van der Waals surface area contributed by atoms with Crippen molar-refractivity contribution in [3.8, 4) is 0 Å². The number of carbonyl (C=O) groups is 1. The molecular weight excluding hydrogens is 265 g/mol. The summed E-state index contributed by atoms with van der Waals surface area (Å²) in [6, 6.07) is 10.5. The van der Waals surface area contributed by atoms with E-state index in [1.54, 1.807) is 18.2 Å². The average molecular weight is 278 g/mol. The molecule has 104 valence electrons. The zero-order chi connectivity index (χ0) is 14.8. The summed E-state index contributed by atoms with van der Waals surface area (Å²) in [4.78, 5) is 11.0. The number of hydrogen-bond donors (Lipinski definition) is 0. The van der Waals surface area contributed by atoms with Crippen LogP contribution in [0.5, 0.6) is 0 Å². The highest BCUT2D eigenvalue weighted by Crippen LogP contribution is 2.30. The van der Waals surface area contributed by atoms with Gasteiger partial charge in [-0.3, -0.25) is 4.79 Å². The second-order valence-electron chi connectivity index (χ2n) is 4.70. The topological polar surface area (TPSA) is 17.1 Å². The Labute approximate surface area is 115 Å². The molecule has 20 heavy (non-hydrogen) atoms. The molecule has 4 heteroatoms. The molecular formula is C16H13F3O. The highest BCUT2D eigenvalue weighted by Gasteiger charge is 2.30. The SMILES string of the molecule is Cc1ccc(C=O)c(Cc2cccc(C(F)(F)F)c2)c1. The van der Waals surface area contributed by atoms with Gasteiger partial charge < -0.3 is 0 Å². The van der Waals surface area contributed by atoms with Gasteiger partial charge in [0.15, 0.2) is 0 Å². The summed E-state index contributed by atoms with van der Waals surface area (Å²) in [5, 5.41) is 0. The van der Waals surface area contributed by atoms with Crippen LogP contribution < -0.4 is 0 Å². The fourth-order valence-corrected chi connectivity index (χ4v) is 2.08. The maximum atomic E-state index is 12.7. The van der Waals surface area contributed by atoms with Crippen LogP contribution in [0.3, 0.4) is 0 Å². The minimum Gasteiger partial charge on any atom is -0.298 e. The van der Waals surface area contributed by atoms with Crippen LogP contribution in [0.15, 0.2) is 42.5 Å². The molecule has 0 unspecified atom stereocenters. The van der Waals surface area contributed by atoms with Crippen LogP contribution in [0, 0.1) is 6.92 Å². The number of halogens is 3. The van der Waals surface area contributed by atoms with Gasteiger partial charge in [0.1, 0.15) is 6.29 Å². The summed E-state index contributed by atoms with van der Waals surface area (Å²) in [5.74, 6) is 0. The lowest BCUT2D eigenvalue weighted by Crippen LogP contribution is -2.05. The minimum atomic E-state index is -4.35. The van der Waals surface area contributed by atoms with Crippen molar-refractivity contribution in [1.82, 2.24) is 0 Å². The fraction of sp³-hybridized carbons (Fsp3) is 0.188. The van der Waals surface area contributed by atoms with Gasteiger partial charge >= 0.3 is 6.18 Å². The summed E-state index contributed by atoms with van der Waals surface area (Å²) in [6.07, 6.45) is -3.32. The maximum Gasteiger partial charge on any atom is 0.416 e. The molecule has 2 aromatic carbocycles. The third-order valence-electron chi connectivity index (χ3n) is 3.07. The molecule has 0 aliphatic heterocycles. The standard InChI is InChI=1S/C16H13F3O/c1-11-5-6-13(10-20)14(7-11)8-12-3-2-4-15(9-12)16(17,18)19/h2-7,9-10H,8H2,1H3. The Bertz CT molecular complexity index is 630. The molecule has 0 amide bonds. The number of benzene rings is 2. The number of hydrogen-bond acceptors (Lipinski definition) is 1. The zero-order valence-electron chi connectivity index (χ0n) is 10.9. The van der Waals surface area contributed by atoms with Gasteiger partial charge in [-0.05, 0) is 30.5 Å². The third kappa shape index (κ3) is 3.26. The molecule has 0 heterocycles. The monoisotopic (exact) mass is 278 g/mol. The number of aldehydes is 1. The summed E-state index contributed by atoms with van der Waals surface area (Å²) in [7, 11) is 0. The number of aryl methyl sites for hydroxylation is 1. The highest BCUT2D eigenvalue weighted by molar-refractivity contribution is 5.77. The summed E-state index contributed by atoms with van der Waals surface area (Å²) in [5.41, 5.74) is 2.08. The zero-order valence-corrected chi connectivity index (χ0v) is 10.9. The van der Waals surface area contributed by atoms with Crippen molar-refractivity contribution in [2.45, 2.75) is 19.5 Å². The van der Waals surface area contributed by atoms with Crippen molar-refractivity contribution in [3.63, 3.8) is 0 Å². The quantitative estimate of drug-likeness (QED) is 0.760. The Kier molecular flexibility index (Phi) is 3.93. The van der Waals surface area contributed by atoms with Crippen molar-refractivity contribution in [3.05, 3.63) is 70.3 Å². The van der Waals surface area contributed by atoms with E-state index in [1.165, 1.54) is 6.07 Å². The Hall–Kier alpha value is -2.10. The van der Waals surface area contributed by atoms with E-state index in [2.05, 4.69) is 0 Å². The van der Waals surface area contributed by atoms with Gasteiger partial charge in [-0.1, -0.05) is 42.0 Å². The smallest absolute Gasteiger partial charge is 0.298 e. The van der Waals surface area contributed by atoms with Gasteiger partial charge in [0.05, 0.1) is 5.56 Å². The van der Waals surface area contributed by atoms with Crippen LogP contribution >= 0.6 is 0 Å². The highest BCUT2D eigenvalue weighted by atomic mass is 19.4. The van der Waals surface area contributed by atoms with Crippen molar-refractivity contribution in [2.75, 3.05) is 0 Å². The fourth-order valence-electron chi connectivity index (χ4n) is 2.08. The van der Waals surface area contributed by atoms with Gasteiger partial charge in [0.25, 0.3) is 0 Å². The maximum absolute atomic E-state index is 12.7. The molecule has 0 saturated heterocycles. The molecule has 0 aromatic heterocycles. The predicted molar refractivity (Wildman–Crippen MR) is 70.8 cm³/mol. The van der Waals surface area contributed by atoms with E-state index in [4.69, 9.17) is 0 Å². The first-order chi connectivity index (χ1) is 9.40. The van der Waals surface area contributed by atoms with Crippen LogP contribution in [-0.2, 0) is 12.6 Å². The van der Waals surface area contributed by atoms with Gasteiger partial charge in [-0.25, -0.2) is 0 Å². The molecule has 0 atom stereocenters. The van der Waals surface area contributed by atoms with E-state index in [1.807, 2.05) is 13.0 Å². The Morgan fingerprint density at radius 2 is 1.85 bits per heavy atom. The molecule has 0 aliphatic carbocycles. The lowest BCUT2D eigenvalue weighted by molar-refractivity contribution is -0.137. The molecule has 2 rings (SSSR count). The van der Waals surface area contributed by atoms with Crippen molar-refractivity contribution < 1.29 is 18.0 Å². The van der Waals surface area contributed by atoms with E-state index in [0.29, 0.717) is 17.5 Å². The minimum absolute atomic E-state index is 0.305. The lowest BCUT2D eigenvalue weighted by Gasteiger charge is -2.10. The number of rotatable bonds is 3. The molecule has 1 nitrogen and oxygen atoms in total. The van der Waals surface area contributed by atoms with E-state index < -0.39 is 11.7 Å². The van der Waals surface area contributed by atoms with Gasteiger partial charge in [0, 0.05) is 5.56 Å². The van der Waals surface area contributed by atoms with E-state index in [9.17, 15) is 18.0 Å². The van der Waals surface area contributed by atoms with Crippen LogP contribution in [0.2, 0.25) is 0 Å². The Morgan fingerprint density at radius 1 is 1.10 bits per heavy atom. The molecule has 2 aromatic rings. The predicted octanol–water partition coefficient (Wildman–Crippen LogP) is 4.42. The van der Waals surface area contributed by atoms with Crippen molar-refractivity contribution in [2.24, 2.45) is 0 Å². The van der Waals surface area contributed by atoms with Gasteiger partial charge in [0.2, 0.25) is 0 Å². The largest absolute Gasteiger partial charge is 0.416 e. The second kappa shape index (κ2) is 5.49. The molecule has 0 fully saturated rings. The normalized spacial score (nSPS) is 11.4. The first-order valence-corrected chi connectivity index (χ1v) is 6.11. The lowest BCUT2D eigenvalue weighted by atomic mass is 9.97. The summed E-state index contributed by atoms with van der Waals surface area (Å²) < 4.78 is 38.0. The van der Waals surface area contributed by atoms with Crippen LogP contribution in [0.1, 0.15) is 32.6 Å². The summed E-state index contributed by atoms with van der Waals surface area (Å²) in [6.45, 7) is 1.88. The molecule has 0 aliphatic rings. The summed E-state index contributed by atoms with van der Waals surface area (Å²) >= 11 is 0. The van der Waals surface area contributed by atoms with Gasteiger partial charge in [-0.2, -0.15) is 13.2 Å². The van der Waals surface area contributed by atoms with E-state index in [0.717, 1.165) is 29.5 Å². The number of alkyl halides is 3. The van der Waals surface area contributed by atoms with E-state index >= 15 is 0 Å². The number of carbonyl (C=O) groups excluding carboxylic acids is 1. The third-order valence-corrected chi connectivity index (χ3v) is 3.07. The molecule has 0 spiro atoms. The first kappa shape index (κ1) is 14.3. The van der Waals surface area contributed by atoms with Crippen LogP contribution in [-0.4, -0.2) is 6.29 Å². The van der Waals surface area contributed by atoms with Crippen molar-refractivity contribution >= 4 is 6.29 Å². The Balaban J connectivity index is 2.35. The Morgan fingerprint density at radius 3 is 2.50 bits per heavy atom. The average Bonchev–Trinajstić information content (AvgIpc) is 2.38. The van der Waals surface area contributed by atoms with Crippen LogP contribution in [0.25, 0.3) is 0 Å². The van der Waals surface area contributed by atoms with Crippen molar-refractivity contribution in [1.29, 1.82) is 0 Å². The van der Waals surface area contributed by atoms with Crippen LogP contribution in [0.4, 0.5) is 13.2 Å². The van der Waals surface area contributed by atoms with Gasteiger partial charge in [-0.15, -0.1) is 0 Å². The first-order valence-electron chi connectivity index (χ1n) is 6.11. The molecule has 0 saturated carbocycles. The molecule has 0 bridgehead atoms. The molecule has 0 radical (unpaired) electrons.